The van der Waals surface area contributed by atoms with Crippen molar-refractivity contribution in [3.63, 3.8) is 0 Å². The van der Waals surface area contributed by atoms with Crippen LogP contribution in [-0.2, 0) is 0 Å². The van der Waals surface area contributed by atoms with E-state index in [1.165, 1.54) is 38.8 Å². The summed E-state index contributed by atoms with van der Waals surface area (Å²) >= 11 is 0. The number of hydrogen-bond acceptors (Lipinski definition) is 1. The molecule has 1 saturated heterocycles. The molecule has 0 bridgehead atoms. The van der Waals surface area contributed by atoms with E-state index in [4.69, 9.17) is 0 Å². The monoisotopic (exact) mass is 207 g/mol. The number of likely N-dealkylation sites (tertiary alicyclic amines) is 1. The zero-order chi connectivity index (χ0) is 10.8. The summed E-state index contributed by atoms with van der Waals surface area (Å²) in [5, 5.41) is 0. The van der Waals surface area contributed by atoms with Crippen molar-refractivity contribution in [2.24, 2.45) is 17.8 Å². The highest BCUT2D eigenvalue weighted by molar-refractivity contribution is 5.12. The molecule has 1 nitrogen and oxygen atoms in total. The van der Waals surface area contributed by atoms with Crippen LogP contribution in [0.15, 0.2) is 11.8 Å². The van der Waals surface area contributed by atoms with Gasteiger partial charge in [-0.1, -0.05) is 26.8 Å². The zero-order valence-corrected chi connectivity index (χ0v) is 10.5. The molecule has 2 rings (SSSR count). The van der Waals surface area contributed by atoms with Gasteiger partial charge in [-0.25, -0.2) is 0 Å². The summed E-state index contributed by atoms with van der Waals surface area (Å²) in [6.45, 7) is 9.74. The summed E-state index contributed by atoms with van der Waals surface area (Å²) in [5.74, 6) is 2.44. The van der Waals surface area contributed by atoms with Crippen molar-refractivity contribution in [2.45, 2.75) is 46.5 Å². The zero-order valence-electron chi connectivity index (χ0n) is 10.5. The van der Waals surface area contributed by atoms with Crippen LogP contribution in [0.3, 0.4) is 0 Å². The van der Waals surface area contributed by atoms with Crippen LogP contribution < -0.4 is 0 Å². The Morgan fingerprint density at radius 3 is 2.47 bits per heavy atom. The van der Waals surface area contributed by atoms with E-state index in [9.17, 15) is 0 Å². The first kappa shape index (κ1) is 11.0. The van der Waals surface area contributed by atoms with Gasteiger partial charge >= 0.3 is 0 Å². The lowest BCUT2D eigenvalue weighted by molar-refractivity contribution is 0.267. The summed E-state index contributed by atoms with van der Waals surface area (Å²) in [5.41, 5.74) is 1.68. The molecule has 0 aromatic rings. The fraction of sp³-hybridized carbons (Fsp3) is 0.857. The van der Waals surface area contributed by atoms with Gasteiger partial charge in [0.1, 0.15) is 0 Å². The molecule has 1 aliphatic carbocycles. The SMILES string of the molecule is CC1C=C(N2CCCC2)C(C(C)C)CC1. The van der Waals surface area contributed by atoms with Crippen LogP contribution in [0.1, 0.15) is 46.5 Å². The van der Waals surface area contributed by atoms with Gasteiger partial charge in [0, 0.05) is 24.7 Å². The molecule has 1 heterocycles. The summed E-state index contributed by atoms with van der Waals surface area (Å²) in [6.07, 6.45) is 8.15. The fourth-order valence-electron chi connectivity index (χ4n) is 3.08. The first-order valence-corrected chi connectivity index (χ1v) is 6.65. The third kappa shape index (κ3) is 2.38. The molecule has 0 amide bonds. The molecule has 1 fully saturated rings. The maximum absolute atomic E-state index is 2.65. The van der Waals surface area contributed by atoms with Crippen LogP contribution in [0, 0.1) is 17.8 Å². The molecule has 0 aromatic heterocycles. The molecule has 2 atom stereocenters. The second kappa shape index (κ2) is 4.59. The summed E-state index contributed by atoms with van der Waals surface area (Å²) in [6, 6.07) is 0. The quantitative estimate of drug-likeness (QED) is 0.668. The number of nitrogens with zero attached hydrogens (tertiary/aromatic N) is 1. The highest BCUT2D eigenvalue weighted by Crippen LogP contribution is 2.36. The van der Waals surface area contributed by atoms with Gasteiger partial charge in [0.25, 0.3) is 0 Å². The average Bonchev–Trinajstić information content (AvgIpc) is 2.69. The second-order valence-electron chi connectivity index (χ2n) is 5.69. The van der Waals surface area contributed by atoms with Gasteiger partial charge in [0.2, 0.25) is 0 Å². The van der Waals surface area contributed by atoms with E-state index in [0.717, 1.165) is 17.8 Å². The van der Waals surface area contributed by atoms with Gasteiger partial charge in [-0.05, 0) is 37.5 Å². The van der Waals surface area contributed by atoms with E-state index in [1.807, 2.05) is 0 Å². The Morgan fingerprint density at radius 1 is 1.20 bits per heavy atom. The predicted molar refractivity (Wildman–Crippen MR) is 65.6 cm³/mol. The van der Waals surface area contributed by atoms with E-state index < -0.39 is 0 Å². The van der Waals surface area contributed by atoms with Crippen LogP contribution in [-0.4, -0.2) is 18.0 Å². The van der Waals surface area contributed by atoms with Crippen molar-refractivity contribution in [1.29, 1.82) is 0 Å². The Bertz CT molecular complexity index is 236. The normalized spacial score (nSPS) is 32.3. The molecule has 2 unspecified atom stereocenters. The molecule has 0 N–H and O–H groups in total. The lowest BCUT2D eigenvalue weighted by atomic mass is 9.80. The van der Waals surface area contributed by atoms with Crippen molar-refractivity contribution in [3.05, 3.63) is 11.8 Å². The minimum absolute atomic E-state index is 0.801. The van der Waals surface area contributed by atoms with Crippen molar-refractivity contribution in [1.82, 2.24) is 4.90 Å². The minimum Gasteiger partial charge on any atom is -0.375 e. The minimum atomic E-state index is 0.801. The van der Waals surface area contributed by atoms with Crippen LogP contribution >= 0.6 is 0 Å². The number of rotatable bonds is 2. The van der Waals surface area contributed by atoms with E-state index in [-0.39, 0.29) is 0 Å². The predicted octanol–water partition coefficient (Wildman–Crippen LogP) is 3.67. The molecule has 1 heteroatoms. The van der Waals surface area contributed by atoms with Gasteiger partial charge in [0.05, 0.1) is 0 Å². The average molecular weight is 207 g/mol. The van der Waals surface area contributed by atoms with Crippen molar-refractivity contribution in [3.8, 4) is 0 Å². The van der Waals surface area contributed by atoms with Gasteiger partial charge in [-0.2, -0.15) is 0 Å². The maximum atomic E-state index is 2.65. The molecule has 0 saturated carbocycles. The summed E-state index contributed by atoms with van der Waals surface area (Å²) in [4.78, 5) is 2.65. The lowest BCUT2D eigenvalue weighted by Crippen LogP contribution is -2.30. The fourth-order valence-corrected chi connectivity index (χ4v) is 3.08. The molecule has 2 aliphatic rings. The number of allylic oxidation sites excluding steroid dienone is 2. The summed E-state index contributed by atoms with van der Waals surface area (Å²) < 4.78 is 0. The van der Waals surface area contributed by atoms with Crippen LogP contribution in [0.25, 0.3) is 0 Å². The molecule has 0 radical (unpaired) electrons. The van der Waals surface area contributed by atoms with Gasteiger partial charge in [-0.15, -0.1) is 0 Å². The molecule has 0 spiro atoms. The Kier molecular flexibility index (Phi) is 3.38. The Morgan fingerprint density at radius 2 is 1.87 bits per heavy atom. The highest BCUT2D eigenvalue weighted by Gasteiger charge is 2.28. The first-order valence-electron chi connectivity index (χ1n) is 6.65. The number of hydrogen-bond donors (Lipinski definition) is 0. The topological polar surface area (TPSA) is 3.24 Å². The Labute approximate surface area is 94.5 Å². The van der Waals surface area contributed by atoms with Crippen molar-refractivity contribution >= 4 is 0 Å². The summed E-state index contributed by atoms with van der Waals surface area (Å²) in [7, 11) is 0. The first-order chi connectivity index (χ1) is 7.18. The third-order valence-corrected chi connectivity index (χ3v) is 4.04. The standard InChI is InChI=1S/C14H25N/c1-11(2)13-7-6-12(3)10-14(13)15-8-4-5-9-15/h10-13H,4-9H2,1-3H3. The molecule has 15 heavy (non-hydrogen) atoms. The molecular formula is C14H25N. The maximum Gasteiger partial charge on any atom is 0.0175 e. The Balaban J connectivity index is 2.14. The molecular weight excluding hydrogens is 182 g/mol. The highest BCUT2D eigenvalue weighted by atomic mass is 15.2. The van der Waals surface area contributed by atoms with E-state index in [2.05, 4.69) is 31.7 Å². The van der Waals surface area contributed by atoms with Gasteiger partial charge in [-0.3, -0.25) is 0 Å². The third-order valence-electron chi connectivity index (χ3n) is 4.04. The van der Waals surface area contributed by atoms with E-state index in [0.29, 0.717) is 0 Å². The van der Waals surface area contributed by atoms with Crippen LogP contribution in [0.4, 0.5) is 0 Å². The Hall–Kier alpha value is -0.460. The van der Waals surface area contributed by atoms with Crippen LogP contribution in [0.5, 0.6) is 0 Å². The van der Waals surface area contributed by atoms with Gasteiger partial charge in [0.15, 0.2) is 0 Å². The molecule has 0 aromatic carbocycles. The lowest BCUT2D eigenvalue weighted by Gasteiger charge is -2.36. The molecule has 86 valence electrons. The van der Waals surface area contributed by atoms with Gasteiger partial charge < -0.3 is 4.90 Å². The molecule has 1 aliphatic heterocycles. The van der Waals surface area contributed by atoms with E-state index in [1.54, 1.807) is 5.70 Å². The van der Waals surface area contributed by atoms with Crippen LogP contribution in [0.2, 0.25) is 0 Å². The van der Waals surface area contributed by atoms with E-state index >= 15 is 0 Å². The van der Waals surface area contributed by atoms with Crippen molar-refractivity contribution in [2.75, 3.05) is 13.1 Å². The smallest absolute Gasteiger partial charge is 0.0175 e. The van der Waals surface area contributed by atoms with Crippen molar-refractivity contribution < 1.29 is 0 Å². The second-order valence-corrected chi connectivity index (χ2v) is 5.69. The largest absolute Gasteiger partial charge is 0.375 e.